The first-order valence-electron chi connectivity index (χ1n) is 5.89. The lowest BCUT2D eigenvalue weighted by Gasteiger charge is -2.05. The van der Waals surface area contributed by atoms with Gasteiger partial charge in [0.15, 0.2) is 0 Å². The molecule has 0 spiro atoms. The Labute approximate surface area is 110 Å². The summed E-state index contributed by atoms with van der Waals surface area (Å²) in [6, 6.07) is 6.48. The maximum Gasteiger partial charge on any atom is 0.135 e. The molecule has 0 aliphatic carbocycles. The number of halogens is 1. The Morgan fingerprint density at radius 2 is 2.28 bits per heavy atom. The van der Waals surface area contributed by atoms with Crippen LogP contribution in [0.3, 0.4) is 0 Å². The third kappa shape index (κ3) is 3.04. The average molecular weight is 265 g/mol. The monoisotopic (exact) mass is 265 g/mol. The highest BCUT2D eigenvalue weighted by Gasteiger charge is 2.08. The Bertz CT molecular complexity index is 525. The first-order chi connectivity index (χ1) is 8.70. The highest BCUT2D eigenvalue weighted by molar-refractivity contribution is 7.99. The maximum absolute atomic E-state index is 13.1. The minimum absolute atomic E-state index is 0.237. The van der Waals surface area contributed by atoms with Crippen LogP contribution in [0.5, 0.6) is 0 Å². The summed E-state index contributed by atoms with van der Waals surface area (Å²) in [4.78, 5) is 0.994. The van der Waals surface area contributed by atoms with Gasteiger partial charge in [0.25, 0.3) is 0 Å². The van der Waals surface area contributed by atoms with Crippen LogP contribution in [0, 0.1) is 5.82 Å². The molecule has 0 aliphatic rings. The summed E-state index contributed by atoms with van der Waals surface area (Å²) in [5.41, 5.74) is 6.87. The van der Waals surface area contributed by atoms with Gasteiger partial charge in [-0.15, -0.1) is 11.8 Å². The smallest absolute Gasteiger partial charge is 0.135 e. The Balaban J connectivity index is 2.12. The number of rotatable bonds is 5. The molecule has 0 radical (unpaired) electrons. The lowest BCUT2D eigenvalue weighted by molar-refractivity contribution is 0.620. The van der Waals surface area contributed by atoms with Gasteiger partial charge in [-0.05, 0) is 29.9 Å². The second-order valence-corrected chi connectivity index (χ2v) is 5.17. The van der Waals surface area contributed by atoms with Crippen molar-refractivity contribution in [2.75, 3.05) is 11.5 Å². The lowest BCUT2D eigenvalue weighted by Crippen LogP contribution is -2.06. The van der Waals surface area contributed by atoms with E-state index in [1.165, 1.54) is 12.1 Å². The van der Waals surface area contributed by atoms with E-state index >= 15 is 0 Å². The summed E-state index contributed by atoms with van der Waals surface area (Å²) in [7, 11) is 0. The van der Waals surface area contributed by atoms with Crippen LogP contribution in [0.4, 0.5) is 10.2 Å². The molecule has 2 N–H and O–H groups in total. The van der Waals surface area contributed by atoms with Gasteiger partial charge in [0.05, 0.1) is 17.6 Å². The first kappa shape index (κ1) is 13.0. The van der Waals surface area contributed by atoms with Crippen LogP contribution in [-0.4, -0.2) is 15.5 Å². The number of thioether (sulfide) groups is 1. The van der Waals surface area contributed by atoms with Gasteiger partial charge < -0.3 is 5.73 Å². The maximum atomic E-state index is 13.1. The second-order valence-electron chi connectivity index (χ2n) is 4.03. The molecule has 5 heteroatoms. The van der Waals surface area contributed by atoms with Crippen LogP contribution in [-0.2, 0) is 6.54 Å². The molecule has 1 heterocycles. The molecule has 0 saturated heterocycles. The topological polar surface area (TPSA) is 43.8 Å². The van der Waals surface area contributed by atoms with Crippen LogP contribution in [0.1, 0.15) is 18.9 Å². The predicted octanol–water partition coefficient (Wildman–Crippen LogP) is 3.15. The second kappa shape index (κ2) is 5.91. The fourth-order valence-electron chi connectivity index (χ4n) is 1.64. The van der Waals surface area contributed by atoms with Gasteiger partial charge in [-0.3, -0.25) is 0 Å². The minimum Gasteiger partial charge on any atom is -0.383 e. The number of nitrogens with zero attached hydrogens (tertiary/aromatic N) is 2. The molecule has 0 aliphatic heterocycles. The molecule has 1 aromatic heterocycles. The van der Waals surface area contributed by atoms with Crippen molar-refractivity contribution in [3.05, 3.63) is 41.8 Å². The molecule has 0 unspecified atom stereocenters. The minimum atomic E-state index is -0.237. The number of aromatic nitrogens is 2. The molecule has 2 aromatic rings. The zero-order valence-corrected chi connectivity index (χ0v) is 11.1. The summed E-state index contributed by atoms with van der Waals surface area (Å²) in [5, 5.41) is 4.24. The van der Waals surface area contributed by atoms with Crippen LogP contribution in [0.2, 0.25) is 0 Å². The Morgan fingerprint density at radius 1 is 1.44 bits per heavy atom. The molecule has 0 amide bonds. The van der Waals surface area contributed by atoms with Crippen molar-refractivity contribution in [1.82, 2.24) is 9.78 Å². The summed E-state index contributed by atoms with van der Waals surface area (Å²) in [5.74, 6) is 1.44. The average Bonchev–Trinajstić information content (AvgIpc) is 2.69. The van der Waals surface area contributed by atoms with Crippen molar-refractivity contribution < 1.29 is 4.39 Å². The highest BCUT2D eigenvalue weighted by atomic mass is 32.2. The number of hydrogen-bond acceptors (Lipinski definition) is 3. The quantitative estimate of drug-likeness (QED) is 0.845. The molecule has 96 valence electrons. The third-order valence-corrected chi connectivity index (χ3v) is 3.77. The molecule has 0 fully saturated rings. The molecule has 18 heavy (non-hydrogen) atoms. The van der Waals surface area contributed by atoms with Gasteiger partial charge in [0.2, 0.25) is 0 Å². The summed E-state index contributed by atoms with van der Waals surface area (Å²) >= 11 is 1.70. The molecular weight excluding hydrogens is 249 g/mol. The van der Waals surface area contributed by atoms with Crippen LogP contribution in [0.25, 0.3) is 0 Å². The van der Waals surface area contributed by atoms with Gasteiger partial charge in [0.1, 0.15) is 11.6 Å². The Hall–Kier alpha value is -1.49. The number of nitrogen functional groups attached to an aromatic ring is 1. The molecule has 2 rings (SSSR count). The van der Waals surface area contributed by atoms with Crippen LogP contribution < -0.4 is 5.73 Å². The van der Waals surface area contributed by atoms with E-state index in [4.69, 9.17) is 5.73 Å². The van der Waals surface area contributed by atoms with E-state index in [1.807, 2.05) is 6.07 Å². The van der Waals surface area contributed by atoms with Crippen molar-refractivity contribution in [3.8, 4) is 0 Å². The molecule has 1 aromatic carbocycles. The summed E-state index contributed by atoms with van der Waals surface area (Å²) in [6.45, 7) is 2.62. The SMILES string of the molecule is CCCSc1cnn(Cc2cccc(F)c2)c1N. The molecule has 0 saturated carbocycles. The van der Waals surface area contributed by atoms with Crippen LogP contribution >= 0.6 is 11.8 Å². The number of hydrogen-bond donors (Lipinski definition) is 1. The molecular formula is C13H16FN3S. The van der Waals surface area contributed by atoms with Crippen molar-refractivity contribution in [2.45, 2.75) is 24.8 Å². The standard InChI is InChI=1S/C13H16FN3S/c1-2-6-18-12-8-16-17(13(12)15)9-10-4-3-5-11(14)7-10/h3-5,7-8H,2,6,9,15H2,1H3. The normalized spacial score (nSPS) is 10.8. The highest BCUT2D eigenvalue weighted by Crippen LogP contribution is 2.25. The number of anilines is 1. The van der Waals surface area contributed by atoms with Crippen molar-refractivity contribution in [2.24, 2.45) is 0 Å². The fraction of sp³-hybridized carbons (Fsp3) is 0.308. The van der Waals surface area contributed by atoms with E-state index in [2.05, 4.69) is 12.0 Å². The lowest BCUT2D eigenvalue weighted by atomic mass is 10.2. The van der Waals surface area contributed by atoms with Gasteiger partial charge >= 0.3 is 0 Å². The van der Waals surface area contributed by atoms with Crippen LogP contribution in [0.15, 0.2) is 35.4 Å². The third-order valence-electron chi connectivity index (χ3n) is 2.53. The molecule has 3 nitrogen and oxygen atoms in total. The zero-order valence-electron chi connectivity index (χ0n) is 10.3. The summed E-state index contributed by atoms with van der Waals surface area (Å²) in [6.07, 6.45) is 2.87. The van der Waals surface area contributed by atoms with E-state index in [-0.39, 0.29) is 5.82 Å². The van der Waals surface area contributed by atoms with E-state index < -0.39 is 0 Å². The van der Waals surface area contributed by atoms with E-state index in [0.29, 0.717) is 12.4 Å². The molecule has 0 atom stereocenters. The number of benzene rings is 1. The van der Waals surface area contributed by atoms with E-state index in [9.17, 15) is 4.39 Å². The van der Waals surface area contributed by atoms with Gasteiger partial charge in [0, 0.05) is 0 Å². The first-order valence-corrected chi connectivity index (χ1v) is 6.87. The van der Waals surface area contributed by atoms with E-state index in [0.717, 1.165) is 22.6 Å². The van der Waals surface area contributed by atoms with Gasteiger partial charge in [-0.25, -0.2) is 9.07 Å². The Kier molecular flexibility index (Phi) is 4.25. The predicted molar refractivity (Wildman–Crippen MR) is 73.2 cm³/mol. The Morgan fingerprint density at radius 3 is 3.00 bits per heavy atom. The number of nitrogens with two attached hydrogens (primary N) is 1. The van der Waals surface area contributed by atoms with Crippen molar-refractivity contribution in [1.29, 1.82) is 0 Å². The van der Waals surface area contributed by atoms with Crippen molar-refractivity contribution >= 4 is 17.6 Å². The summed E-state index contributed by atoms with van der Waals surface area (Å²) < 4.78 is 14.8. The van der Waals surface area contributed by atoms with Gasteiger partial charge in [-0.1, -0.05) is 19.1 Å². The van der Waals surface area contributed by atoms with Crippen molar-refractivity contribution in [3.63, 3.8) is 0 Å². The molecule has 0 bridgehead atoms. The largest absolute Gasteiger partial charge is 0.383 e. The van der Waals surface area contributed by atoms with Gasteiger partial charge in [-0.2, -0.15) is 5.10 Å². The van der Waals surface area contributed by atoms with E-state index in [1.54, 1.807) is 28.7 Å². The zero-order chi connectivity index (χ0) is 13.0. The fourth-order valence-corrected chi connectivity index (χ4v) is 2.43.